The van der Waals surface area contributed by atoms with Crippen LogP contribution in [0.3, 0.4) is 0 Å². The van der Waals surface area contributed by atoms with E-state index in [1.54, 1.807) is 6.92 Å². The number of rotatable bonds is 6. The first-order valence-corrected chi connectivity index (χ1v) is 7.98. The number of nitrogens with one attached hydrogen (secondary N) is 1. The topological polar surface area (TPSA) is 104 Å². The van der Waals surface area contributed by atoms with E-state index in [9.17, 15) is 18.0 Å². The summed E-state index contributed by atoms with van der Waals surface area (Å²) in [6.07, 6.45) is 5.38. The van der Waals surface area contributed by atoms with Gasteiger partial charge in [0.05, 0.1) is 30.6 Å². The van der Waals surface area contributed by atoms with E-state index in [1.807, 2.05) is 0 Å². The zero-order chi connectivity index (χ0) is 15.3. The Morgan fingerprint density at radius 2 is 2.20 bits per heavy atom. The molecule has 1 amide bonds. The predicted molar refractivity (Wildman–Crippen MR) is 72.7 cm³/mol. The Morgan fingerprint density at radius 3 is 2.65 bits per heavy atom. The molecule has 1 saturated heterocycles. The minimum atomic E-state index is -3.15. The van der Waals surface area contributed by atoms with Crippen LogP contribution in [0.4, 0.5) is 0 Å². The van der Waals surface area contributed by atoms with Crippen LogP contribution in [0.1, 0.15) is 13.3 Å². The number of amides is 1. The molecule has 2 unspecified atom stereocenters. The average Bonchev–Trinajstić information content (AvgIpc) is 2.72. The molecule has 8 heteroatoms. The second-order valence-corrected chi connectivity index (χ2v) is 6.95. The summed E-state index contributed by atoms with van der Waals surface area (Å²) >= 11 is 0. The van der Waals surface area contributed by atoms with Crippen molar-refractivity contribution >= 4 is 21.7 Å². The molecule has 2 atom stereocenters. The Balaban J connectivity index is 2.81. The van der Waals surface area contributed by atoms with Crippen LogP contribution >= 0.6 is 0 Å². The van der Waals surface area contributed by atoms with Gasteiger partial charge in [-0.05, 0) is 13.3 Å². The molecule has 1 aliphatic rings. The van der Waals surface area contributed by atoms with Crippen molar-refractivity contribution in [3.05, 3.63) is 0 Å². The molecule has 0 spiro atoms. The van der Waals surface area contributed by atoms with Crippen LogP contribution in [0.25, 0.3) is 0 Å². The van der Waals surface area contributed by atoms with Crippen LogP contribution in [0, 0.1) is 12.3 Å². The Bertz CT molecular complexity index is 522. The van der Waals surface area contributed by atoms with Crippen molar-refractivity contribution in [3.8, 4) is 12.3 Å². The van der Waals surface area contributed by atoms with Gasteiger partial charge in [0.15, 0.2) is 9.84 Å². The molecule has 0 aromatic carbocycles. The zero-order valence-electron chi connectivity index (χ0n) is 11.2. The van der Waals surface area contributed by atoms with Gasteiger partial charge in [-0.1, -0.05) is 5.92 Å². The Morgan fingerprint density at radius 1 is 1.55 bits per heavy atom. The van der Waals surface area contributed by atoms with E-state index in [-0.39, 0.29) is 24.6 Å². The number of carbonyl (C=O) groups excluding carboxylic acids is 1. The number of carboxylic acids is 1. The highest BCUT2D eigenvalue weighted by molar-refractivity contribution is 7.91. The second-order valence-electron chi connectivity index (χ2n) is 4.72. The number of sulfone groups is 1. The van der Waals surface area contributed by atoms with Gasteiger partial charge in [0.25, 0.3) is 0 Å². The van der Waals surface area contributed by atoms with Crippen LogP contribution in [0.15, 0.2) is 0 Å². The summed E-state index contributed by atoms with van der Waals surface area (Å²) in [6.45, 7) is 1.21. The van der Waals surface area contributed by atoms with E-state index >= 15 is 0 Å². The third-order valence-corrected chi connectivity index (χ3v) is 4.99. The SMILES string of the molecule is C#CCNC(=O)C(C)N(CC(=O)O)C1CCS(=O)(=O)C1. The maximum atomic E-state index is 11.9. The molecule has 2 N–H and O–H groups in total. The maximum Gasteiger partial charge on any atom is 0.317 e. The van der Waals surface area contributed by atoms with Gasteiger partial charge < -0.3 is 10.4 Å². The first kappa shape index (κ1) is 16.5. The summed E-state index contributed by atoms with van der Waals surface area (Å²) in [4.78, 5) is 24.2. The number of carboxylic acid groups (broad SMARTS) is 1. The Kier molecular flexibility index (Phi) is 5.53. The summed E-state index contributed by atoms with van der Waals surface area (Å²) in [6, 6.07) is -1.21. The van der Waals surface area contributed by atoms with Crippen molar-refractivity contribution in [3.63, 3.8) is 0 Å². The van der Waals surface area contributed by atoms with E-state index in [2.05, 4.69) is 11.2 Å². The molecule has 20 heavy (non-hydrogen) atoms. The number of terminal acetylenes is 1. The molecule has 0 bridgehead atoms. The van der Waals surface area contributed by atoms with Crippen LogP contribution in [-0.4, -0.2) is 67.0 Å². The van der Waals surface area contributed by atoms with E-state index in [1.165, 1.54) is 4.90 Å². The fourth-order valence-electron chi connectivity index (χ4n) is 2.21. The van der Waals surface area contributed by atoms with Gasteiger partial charge in [-0.2, -0.15) is 0 Å². The minimum Gasteiger partial charge on any atom is -0.480 e. The predicted octanol–water partition coefficient (Wildman–Crippen LogP) is -1.30. The number of aliphatic carboxylic acids is 1. The molecule has 1 rings (SSSR count). The van der Waals surface area contributed by atoms with E-state index in [0.717, 1.165) is 0 Å². The lowest BCUT2D eigenvalue weighted by molar-refractivity contribution is -0.140. The van der Waals surface area contributed by atoms with Crippen LogP contribution < -0.4 is 5.32 Å². The van der Waals surface area contributed by atoms with Gasteiger partial charge in [0.1, 0.15) is 0 Å². The largest absolute Gasteiger partial charge is 0.480 e. The third-order valence-electron chi connectivity index (χ3n) is 3.24. The number of nitrogens with zero attached hydrogens (tertiary/aromatic N) is 1. The highest BCUT2D eigenvalue weighted by atomic mass is 32.2. The molecular formula is C12H18N2O5S. The summed E-state index contributed by atoms with van der Waals surface area (Å²) in [5, 5.41) is 11.4. The quantitative estimate of drug-likeness (QED) is 0.591. The van der Waals surface area contributed by atoms with Gasteiger partial charge in [0, 0.05) is 6.04 Å². The Hall–Kier alpha value is -1.59. The van der Waals surface area contributed by atoms with E-state index < -0.39 is 33.8 Å². The molecule has 0 aromatic heterocycles. The highest BCUT2D eigenvalue weighted by Gasteiger charge is 2.37. The lowest BCUT2D eigenvalue weighted by Gasteiger charge is -2.31. The smallest absolute Gasteiger partial charge is 0.317 e. The molecule has 112 valence electrons. The molecule has 0 aromatic rings. The summed E-state index contributed by atoms with van der Waals surface area (Å²) in [7, 11) is -3.15. The fourth-order valence-corrected chi connectivity index (χ4v) is 3.95. The standard InChI is InChI=1S/C12H18N2O5S/c1-3-5-13-12(17)9(2)14(7-11(15)16)10-4-6-20(18,19)8-10/h1,9-10H,4-8H2,2H3,(H,13,17)(H,15,16). The van der Waals surface area contributed by atoms with E-state index in [4.69, 9.17) is 11.5 Å². The average molecular weight is 302 g/mol. The third kappa shape index (κ3) is 4.51. The molecule has 0 aliphatic carbocycles. The zero-order valence-corrected chi connectivity index (χ0v) is 12.0. The van der Waals surface area contributed by atoms with Crippen molar-refractivity contribution in [2.75, 3.05) is 24.6 Å². The van der Waals surface area contributed by atoms with Gasteiger partial charge in [0.2, 0.25) is 5.91 Å². The summed E-state index contributed by atoms with van der Waals surface area (Å²) in [5.41, 5.74) is 0. The second kappa shape index (κ2) is 6.72. The molecule has 1 heterocycles. The lowest BCUT2D eigenvalue weighted by Crippen LogP contribution is -2.52. The van der Waals surface area contributed by atoms with Crippen molar-refractivity contribution in [1.82, 2.24) is 10.2 Å². The first-order chi connectivity index (χ1) is 9.26. The number of carbonyl (C=O) groups is 2. The summed E-state index contributed by atoms with van der Waals surface area (Å²) < 4.78 is 23.0. The van der Waals surface area contributed by atoms with Crippen LogP contribution in [-0.2, 0) is 19.4 Å². The van der Waals surface area contributed by atoms with Gasteiger partial charge in [-0.3, -0.25) is 14.5 Å². The van der Waals surface area contributed by atoms with Crippen LogP contribution in [0.2, 0.25) is 0 Å². The fraction of sp³-hybridized carbons (Fsp3) is 0.667. The molecule has 1 fully saturated rings. The van der Waals surface area contributed by atoms with Gasteiger partial charge in [-0.25, -0.2) is 8.42 Å². The molecule has 7 nitrogen and oxygen atoms in total. The van der Waals surface area contributed by atoms with Gasteiger partial charge >= 0.3 is 5.97 Å². The van der Waals surface area contributed by atoms with Crippen molar-refractivity contribution in [1.29, 1.82) is 0 Å². The molecule has 1 aliphatic heterocycles. The molecule has 0 saturated carbocycles. The molecular weight excluding hydrogens is 284 g/mol. The van der Waals surface area contributed by atoms with Crippen LogP contribution in [0.5, 0.6) is 0 Å². The number of hydrogen-bond donors (Lipinski definition) is 2. The number of hydrogen-bond acceptors (Lipinski definition) is 5. The van der Waals surface area contributed by atoms with Gasteiger partial charge in [-0.15, -0.1) is 6.42 Å². The maximum absolute atomic E-state index is 11.9. The monoisotopic (exact) mass is 302 g/mol. The first-order valence-electron chi connectivity index (χ1n) is 6.16. The highest BCUT2D eigenvalue weighted by Crippen LogP contribution is 2.19. The summed E-state index contributed by atoms with van der Waals surface area (Å²) in [5.74, 6) is 0.641. The molecule has 0 radical (unpaired) electrons. The minimum absolute atomic E-state index is 0.0203. The van der Waals surface area contributed by atoms with Crippen molar-refractivity contribution in [2.24, 2.45) is 0 Å². The normalized spacial score (nSPS) is 22.1. The van der Waals surface area contributed by atoms with E-state index in [0.29, 0.717) is 6.42 Å². The van der Waals surface area contributed by atoms with Crippen molar-refractivity contribution < 1.29 is 23.1 Å². The lowest BCUT2D eigenvalue weighted by atomic mass is 10.1. The van der Waals surface area contributed by atoms with Crippen molar-refractivity contribution in [2.45, 2.75) is 25.4 Å². The Labute approximate surface area is 118 Å².